The van der Waals surface area contributed by atoms with E-state index in [4.69, 9.17) is 4.74 Å². The van der Waals surface area contributed by atoms with Gasteiger partial charge in [0.1, 0.15) is 5.75 Å². The molecule has 0 unspecified atom stereocenters. The van der Waals surface area contributed by atoms with E-state index < -0.39 is 10.0 Å². The molecule has 1 amide bonds. The third kappa shape index (κ3) is 4.35. The lowest BCUT2D eigenvalue weighted by molar-refractivity contribution is -0.114. The first-order valence-electron chi connectivity index (χ1n) is 8.41. The molecule has 0 fully saturated rings. The minimum absolute atomic E-state index is 0.0509. The molecule has 2 rings (SSSR count). The van der Waals surface area contributed by atoms with Crippen LogP contribution in [0.4, 0.5) is 11.4 Å². The maximum absolute atomic E-state index is 12.9. The Morgan fingerprint density at radius 2 is 1.69 bits per heavy atom. The lowest BCUT2D eigenvalue weighted by Crippen LogP contribution is -2.16. The number of para-hydroxylation sites is 1. The SMILES string of the molecule is CCc1cccc(CC)c1NS(=O)(=O)c1ccc(OC)c(NC(C)=O)c1. The maximum atomic E-state index is 12.9. The average Bonchev–Trinajstić information content (AvgIpc) is 2.61. The Bertz CT molecular complexity index is 886. The number of methoxy groups -OCH3 is 1. The van der Waals surface area contributed by atoms with E-state index >= 15 is 0 Å². The number of carbonyl (C=O) groups excluding carboxylic acids is 1. The van der Waals surface area contributed by atoms with Crippen LogP contribution >= 0.6 is 0 Å². The molecule has 2 aromatic rings. The predicted molar refractivity (Wildman–Crippen MR) is 103 cm³/mol. The molecule has 0 bridgehead atoms. The molecule has 2 aromatic carbocycles. The standard InChI is InChI=1S/C19H24N2O4S/c1-5-14-8-7-9-15(6-2)19(14)21-26(23,24)16-10-11-18(25-4)17(12-16)20-13(3)22/h7-12,21H,5-6H2,1-4H3,(H,20,22). The van der Waals surface area contributed by atoms with Crippen LogP contribution in [0.25, 0.3) is 0 Å². The second kappa shape index (κ2) is 8.23. The summed E-state index contributed by atoms with van der Waals surface area (Å²) in [7, 11) is -2.36. The Hall–Kier alpha value is -2.54. The number of aryl methyl sites for hydroxylation is 2. The fraction of sp³-hybridized carbons (Fsp3) is 0.316. The minimum Gasteiger partial charge on any atom is -0.495 e. The van der Waals surface area contributed by atoms with Crippen molar-refractivity contribution in [3.63, 3.8) is 0 Å². The molecule has 26 heavy (non-hydrogen) atoms. The maximum Gasteiger partial charge on any atom is 0.261 e. The monoisotopic (exact) mass is 376 g/mol. The molecule has 140 valence electrons. The van der Waals surface area contributed by atoms with Crippen LogP contribution in [-0.2, 0) is 27.7 Å². The first-order valence-corrected chi connectivity index (χ1v) is 9.89. The molecule has 6 nitrogen and oxygen atoms in total. The Morgan fingerprint density at radius 3 is 2.19 bits per heavy atom. The van der Waals surface area contributed by atoms with Crippen LogP contribution in [0, 0.1) is 0 Å². The number of sulfonamides is 1. The zero-order valence-corrected chi connectivity index (χ0v) is 16.2. The van der Waals surface area contributed by atoms with Crippen molar-refractivity contribution in [3.05, 3.63) is 47.5 Å². The minimum atomic E-state index is -3.82. The Labute approximate surface area is 154 Å². The summed E-state index contributed by atoms with van der Waals surface area (Å²) in [6.07, 6.45) is 1.43. The highest BCUT2D eigenvalue weighted by Crippen LogP contribution is 2.30. The van der Waals surface area contributed by atoms with E-state index in [2.05, 4.69) is 10.0 Å². The largest absolute Gasteiger partial charge is 0.495 e. The number of amides is 1. The summed E-state index contributed by atoms with van der Waals surface area (Å²) < 4.78 is 33.7. The van der Waals surface area contributed by atoms with E-state index in [9.17, 15) is 13.2 Å². The number of hydrogen-bond acceptors (Lipinski definition) is 4. The predicted octanol–water partition coefficient (Wildman–Crippen LogP) is 3.58. The summed E-state index contributed by atoms with van der Waals surface area (Å²) in [5, 5.41) is 2.59. The second-order valence-electron chi connectivity index (χ2n) is 5.81. The third-order valence-electron chi connectivity index (χ3n) is 4.03. The van der Waals surface area contributed by atoms with E-state index in [1.807, 2.05) is 32.0 Å². The van der Waals surface area contributed by atoms with Crippen LogP contribution in [0.5, 0.6) is 5.75 Å². The smallest absolute Gasteiger partial charge is 0.261 e. The number of carbonyl (C=O) groups is 1. The summed E-state index contributed by atoms with van der Waals surface area (Å²) in [5.41, 5.74) is 2.80. The normalized spacial score (nSPS) is 11.1. The van der Waals surface area contributed by atoms with Gasteiger partial charge in [0.15, 0.2) is 0 Å². The van der Waals surface area contributed by atoms with E-state index in [1.165, 1.54) is 32.2 Å². The fourth-order valence-electron chi connectivity index (χ4n) is 2.71. The number of hydrogen-bond donors (Lipinski definition) is 2. The summed E-state index contributed by atoms with van der Waals surface area (Å²) in [4.78, 5) is 11.4. The van der Waals surface area contributed by atoms with Gasteiger partial charge in [-0.05, 0) is 42.2 Å². The van der Waals surface area contributed by atoms with Gasteiger partial charge in [-0.2, -0.15) is 0 Å². The molecular weight excluding hydrogens is 352 g/mol. The fourth-order valence-corrected chi connectivity index (χ4v) is 3.88. The molecule has 0 atom stereocenters. The van der Waals surface area contributed by atoms with Crippen molar-refractivity contribution >= 4 is 27.3 Å². The average molecular weight is 376 g/mol. The number of nitrogens with one attached hydrogen (secondary N) is 2. The molecule has 0 spiro atoms. The van der Waals surface area contributed by atoms with Crippen LogP contribution in [0.3, 0.4) is 0 Å². The van der Waals surface area contributed by atoms with Gasteiger partial charge in [-0.15, -0.1) is 0 Å². The molecule has 0 heterocycles. The summed E-state index contributed by atoms with van der Waals surface area (Å²) >= 11 is 0. The molecule has 0 aliphatic carbocycles. The van der Waals surface area contributed by atoms with E-state index in [0.717, 1.165) is 11.1 Å². The molecule has 2 N–H and O–H groups in total. The van der Waals surface area contributed by atoms with Gasteiger partial charge in [0.2, 0.25) is 5.91 Å². The van der Waals surface area contributed by atoms with Crippen molar-refractivity contribution in [2.45, 2.75) is 38.5 Å². The van der Waals surface area contributed by atoms with Crippen molar-refractivity contribution < 1.29 is 17.9 Å². The highest BCUT2D eigenvalue weighted by atomic mass is 32.2. The topological polar surface area (TPSA) is 84.5 Å². The van der Waals surface area contributed by atoms with Crippen LogP contribution in [0.2, 0.25) is 0 Å². The molecule has 0 radical (unpaired) electrons. The van der Waals surface area contributed by atoms with Crippen molar-refractivity contribution in [3.8, 4) is 5.75 Å². The van der Waals surface area contributed by atoms with Crippen molar-refractivity contribution in [2.24, 2.45) is 0 Å². The Balaban J connectivity index is 2.47. The van der Waals surface area contributed by atoms with Gasteiger partial charge >= 0.3 is 0 Å². The van der Waals surface area contributed by atoms with Gasteiger partial charge in [-0.25, -0.2) is 8.42 Å². The van der Waals surface area contributed by atoms with Gasteiger partial charge in [-0.1, -0.05) is 32.0 Å². The van der Waals surface area contributed by atoms with Crippen LogP contribution in [-0.4, -0.2) is 21.4 Å². The lowest BCUT2D eigenvalue weighted by Gasteiger charge is -2.17. The summed E-state index contributed by atoms with van der Waals surface area (Å²) in [6, 6.07) is 10.1. The van der Waals surface area contributed by atoms with Gasteiger partial charge in [-0.3, -0.25) is 9.52 Å². The second-order valence-corrected chi connectivity index (χ2v) is 7.49. The zero-order chi connectivity index (χ0) is 19.3. The number of rotatable bonds is 7. The van der Waals surface area contributed by atoms with Crippen molar-refractivity contribution in [1.82, 2.24) is 0 Å². The third-order valence-corrected chi connectivity index (χ3v) is 5.37. The Morgan fingerprint density at radius 1 is 1.08 bits per heavy atom. The van der Waals surface area contributed by atoms with Gasteiger partial charge in [0.05, 0.1) is 23.4 Å². The van der Waals surface area contributed by atoms with Gasteiger partial charge in [0.25, 0.3) is 10.0 Å². The Kier molecular flexibility index (Phi) is 6.26. The van der Waals surface area contributed by atoms with Crippen LogP contribution in [0.15, 0.2) is 41.3 Å². The highest BCUT2D eigenvalue weighted by Gasteiger charge is 2.20. The number of anilines is 2. The van der Waals surface area contributed by atoms with E-state index in [0.29, 0.717) is 30.0 Å². The van der Waals surface area contributed by atoms with Gasteiger partial charge in [0, 0.05) is 6.92 Å². The van der Waals surface area contributed by atoms with Gasteiger partial charge < -0.3 is 10.1 Å². The van der Waals surface area contributed by atoms with Crippen LogP contribution < -0.4 is 14.8 Å². The van der Waals surface area contributed by atoms with Crippen LogP contribution in [0.1, 0.15) is 31.9 Å². The van der Waals surface area contributed by atoms with E-state index in [-0.39, 0.29) is 10.8 Å². The molecular formula is C19H24N2O4S. The van der Waals surface area contributed by atoms with Crippen molar-refractivity contribution in [1.29, 1.82) is 0 Å². The van der Waals surface area contributed by atoms with E-state index in [1.54, 1.807) is 0 Å². The first-order chi connectivity index (χ1) is 12.3. The summed E-state index contributed by atoms with van der Waals surface area (Å²) in [6.45, 7) is 5.31. The molecule has 7 heteroatoms. The molecule has 0 saturated heterocycles. The molecule has 0 aromatic heterocycles. The quantitative estimate of drug-likeness (QED) is 0.773. The molecule has 0 aliphatic heterocycles. The number of ether oxygens (including phenoxy) is 1. The molecule has 0 aliphatic rings. The highest BCUT2D eigenvalue weighted by molar-refractivity contribution is 7.92. The first kappa shape index (κ1) is 19.8. The molecule has 0 saturated carbocycles. The number of benzene rings is 2. The lowest BCUT2D eigenvalue weighted by atomic mass is 10.0. The zero-order valence-electron chi connectivity index (χ0n) is 15.4. The van der Waals surface area contributed by atoms with Crippen molar-refractivity contribution in [2.75, 3.05) is 17.1 Å². The summed E-state index contributed by atoms with van der Waals surface area (Å²) in [5.74, 6) is 0.0813.